The van der Waals surface area contributed by atoms with Crippen molar-refractivity contribution in [1.29, 1.82) is 0 Å². The molecule has 0 N–H and O–H groups in total. The smallest absolute Gasteiger partial charge is 0.000431 e. The van der Waals surface area contributed by atoms with Gasteiger partial charge < -0.3 is 0 Å². The molecule has 9 heavy (non-hydrogen) atoms. The molecule has 1 rings (SSSR count). The van der Waals surface area contributed by atoms with Crippen LogP contribution in [0.1, 0.15) is 6.42 Å². The molecule has 0 amide bonds. The topological polar surface area (TPSA) is 0 Å². The second-order valence-electron chi connectivity index (χ2n) is 1.60. The van der Waals surface area contributed by atoms with Crippen molar-refractivity contribution in [2.75, 3.05) is 0 Å². The van der Waals surface area contributed by atoms with E-state index in [-0.39, 0.29) is 0 Å². The molecule has 0 unspecified atom stereocenters. The Morgan fingerprint density at radius 3 is 3.00 bits per heavy atom. The minimum Gasteiger partial charge on any atom is -0.105 e. The van der Waals surface area contributed by atoms with Crippen molar-refractivity contribution < 1.29 is 0 Å². The van der Waals surface area contributed by atoms with Crippen LogP contribution in [-0.4, -0.2) is 0 Å². The third-order valence-electron chi connectivity index (χ3n) is 0.899. The van der Waals surface area contributed by atoms with E-state index in [9.17, 15) is 0 Å². The van der Waals surface area contributed by atoms with Gasteiger partial charge in [-0.15, -0.1) is 30.1 Å². The zero-order valence-corrected chi connectivity index (χ0v) is 6.67. The molecule has 0 aliphatic carbocycles. The summed E-state index contributed by atoms with van der Waals surface area (Å²) in [6.45, 7) is 3.67. The average molecular weight is 156 g/mol. The Morgan fingerprint density at radius 1 is 1.56 bits per heavy atom. The molecule has 0 saturated carbocycles. The largest absolute Gasteiger partial charge is 0.105 e. The van der Waals surface area contributed by atoms with Gasteiger partial charge in [0.05, 0.1) is 0 Å². The summed E-state index contributed by atoms with van der Waals surface area (Å²) in [6, 6.07) is 0. The standard InChI is InChI=1S/C7H8S2/c1-2-3-7-6-8-4-5-9-7/h2,4-6H,1,3H2. The third-order valence-corrected chi connectivity index (χ3v) is 2.79. The van der Waals surface area contributed by atoms with E-state index in [2.05, 4.69) is 22.8 Å². The van der Waals surface area contributed by atoms with E-state index in [1.807, 2.05) is 6.08 Å². The van der Waals surface area contributed by atoms with Gasteiger partial charge in [-0.2, -0.15) is 0 Å². The molecule has 0 aromatic rings. The number of hydrogen-bond donors (Lipinski definition) is 0. The van der Waals surface area contributed by atoms with Gasteiger partial charge in [-0.3, -0.25) is 0 Å². The van der Waals surface area contributed by atoms with Crippen LogP contribution in [0.3, 0.4) is 0 Å². The second kappa shape index (κ2) is 3.85. The maximum absolute atomic E-state index is 3.67. The maximum atomic E-state index is 3.67. The molecule has 0 bridgehead atoms. The minimum absolute atomic E-state index is 1.00. The highest BCUT2D eigenvalue weighted by molar-refractivity contribution is 8.11. The molecule has 0 spiro atoms. The summed E-state index contributed by atoms with van der Waals surface area (Å²) in [5.41, 5.74) is 0. The van der Waals surface area contributed by atoms with Crippen molar-refractivity contribution >= 4 is 23.5 Å². The number of allylic oxidation sites excluding steroid dienone is 2. The molecule has 1 aliphatic rings. The van der Waals surface area contributed by atoms with Crippen molar-refractivity contribution in [3.63, 3.8) is 0 Å². The molecule has 0 fully saturated rings. The van der Waals surface area contributed by atoms with E-state index in [1.165, 1.54) is 4.91 Å². The average Bonchev–Trinajstić information content (AvgIpc) is 1.91. The van der Waals surface area contributed by atoms with Gasteiger partial charge in [-0.1, -0.05) is 6.08 Å². The van der Waals surface area contributed by atoms with Gasteiger partial charge in [0.2, 0.25) is 0 Å². The van der Waals surface area contributed by atoms with Crippen molar-refractivity contribution in [1.82, 2.24) is 0 Å². The first-order valence-corrected chi connectivity index (χ1v) is 4.53. The predicted molar refractivity (Wildman–Crippen MR) is 47.2 cm³/mol. The quantitative estimate of drug-likeness (QED) is 0.562. The Balaban J connectivity index is 2.40. The first-order chi connectivity index (χ1) is 4.43. The molecular weight excluding hydrogens is 148 g/mol. The summed E-state index contributed by atoms with van der Waals surface area (Å²) in [7, 11) is 0. The first-order valence-electron chi connectivity index (χ1n) is 2.70. The lowest BCUT2D eigenvalue weighted by molar-refractivity contribution is 1.38. The lowest BCUT2D eigenvalue weighted by Gasteiger charge is -2.02. The SMILES string of the molecule is C=CCC1=CSC=CS1. The van der Waals surface area contributed by atoms with E-state index in [0.717, 1.165) is 6.42 Å². The third kappa shape index (κ3) is 2.33. The van der Waals surface area contributed by atoms with Gasteiger partial charge in [0.25, 0.3) is 0 Å². The Morgan fingerprint density at radius 2 is 2.44 bits per heavy atom. The van der Waals surface area contributed by atoms with Crippen molar-refractivity contribution in [3.8, 4) is 0 Å². The lowest BCUT2D eigenvalue weighted by Crippen LogP contribution is -1.72. The van der Waals surface area contributed by atoms with Gasteiger partial charge in [0.15, 0.2) is 0 Å². The molecule has 0 atom stereocenters. The van der Waals surface area contributed by atoms with Gasteiger partial charge in [-0.25, -0.2) is 0 Å². The van der Waals surface area contributed by atoms with Gasteiger partial charge in [-0.05, 0) is 27.6 Å². The van der Waals surface area contributed by atoms with Crippen molar-refractivity contribution in [2.45, 2.75) is 6.42 Å². The van der Waals surface area contributed by atoms with Crippen LogP contribution in [0.15, 0.2) is 33.8 Å². The summed E-state index contributed by atoms with van der Waals surface area (Å²) in [5, 5.41) is 6.34. The van der Waals surface area contributed by atoms with Crippen LogP contribution in [0, 0.1) is 0 Å². The van der Waals surface area contributed by atoms with Crippen LogP contribution in [-0.2, 0) is 0 Å². The fourth-order valence-corrected chi connectivity index (χ4v) is 2.11. The van der Waals surface area contributed by atoms with Crippen LogP contribution in [0.25, 0.3) is 0 Å². The van der Waals surface area contributed by atoms with Crippen molar-refractivity contribution in [2.24, 2.45) is 0 Å². The second-order valence-corrected chi connectivity index (χ2v) is 3.42. The van der Waals surface area contributed by atoms with Crippen LogP contribution in [0.4, 0.5) is 0 Å². The fourth-order valence-electron chi connectivity index (χ4n) is 0.529. The van der Waals surface area contributed by atoms with E-state index >= 15 is 0 Å². The molecule has 1 aliphatic heterocycles. The first kappa shape index (κ1) is 7.03. The van der Waals surface area contributed by atoms with E-state index < -0.39 is 0 Å². The van der Waals surface area contributed by atoms with E-state index in [0.29, 0.717) is 0 Å². The number of thioether (sulfide) groups is 2. The summed E-state index contributed by atoms with van der Waals surface area (Å²) < 4.78 is 0. The van der Waals surface area contributed by atoms with Gasteiger partial charge >= 0.3 is 0 Å². The highest BCUT2D eigenvalue weighted by Crippen LogP contribution is 2.29. The summed E-state index contributed by atoms with van der Waals surface area (Å²) in [6.07, 6.45) is 2.93. The fraction of sp³-hybridized carbons (Fsp3) is 0.143. The summed E-state index contributed by atoms with van der Waals surface area (Å²) in [5.74, 6) is 0. The monoisotopic (exact) mass is 156 g/mol. The molecule has 0 aromatic carbocycles. The zero-order chi connectivity index (χ0) is 6.53. The molecule has 0 aromatic heterocycles. The lowest BCUT2D eigenvalue weighted by atomic mass is 10.4. The predicted octanol–water partition coefficient (Wildman–Crippen LogP) is 3.36. The molecule has 0 radical (unpaired) electrons. The molecule has 48 valence electrons. The van der Waals surface area contributed by atoms with Gasteiger partial charge in [0.1, 0.15) is 0 Å². The number of hydrogen-bond acceptors (Lipinski definition) is 2. The molecule has 2 heteroatoms. The highest BCUT2D eigenvalue weighted by Gasteiger charge is 1.95. The van der Waals surface area contributed by atoms with Crippen LogP contribution in [0.2, 0.25) is 0 Å². The van der Waals surface area contributed by atoms with Crippen molar-refractivity contribution in [3.05, 3.63) is 33.8 Å². The Kier molecular flexibility index (Phi) is 3.01. The molecule has 0 saturated heterocycles. The highest BCUT2D eigenvalue weighted by atomic mass is 32.2. The molecular formula is C7H8S2. The number of rotatable bonds is 2. The normalized spacial score (nSPS) is 17.1. The minimum atomic E-state index is 1.00. The van der Waals surface area contributed by atoms with Crippen LogP contribution in [0.5, 0.6) is 0 Å². The maximum Gasteiger partial charge on any atom is -0.000431 e. The van der Waals surface area contributed by atoms with Gasteiger partial charge in [0, 0.05) is 0 Å². The van der Waals surface area contributed by atoms with E-state index in [4.69, 9.17) is 0 Å². The Bertz CT molecular complexity index is 152. The van der Waals surface area contributed by atoms with E-state index in [1.54, 1.807) is 23.5 Å². The van der Waals surface area contributed by atoms with Crippen LogP contribution < -0.4 is 0 Å². The Labute approximate surface area is 64.1 Å². The molecule has 0 nitrogen and oxygen atoms in total. The van der Waals surface area contributed by atoms with Crippen LogP contribution >= 0.6 is 23.5 Å². The summed E-state index contributed by atoms with van der Waals surface area (Å²) >= 11 is 3.51. The zero-order valence-electron chi connectivity index (χ0n) is 5.04. The summed E-state index contributed by atoms with van der Waals surface area (Å²) in [4.78, 5) is 1.39. The molecule has 1 heterocycles. The Hall–Kier alpha value is -0.0800.